The highest BCUT2D eigenvalue weighted by atomic mass is 15.3. The highest BCUT2D eigenvalue weighted by Crippen LogP contribution is 2.33. The van der Waals surface area contributed by atoms with Gasteiger partial charge in [-0.3, -0.25) is 0 Å². The van der Waals surface area contributed by atoms with Crippen LogP contribution in [0.5, 0.6) is 0 Å². The second-order valence-electron chi connectivity index (χ2n) is 8.22. The lowest BCUT2D eigenvalue weighted by atomic mass is 9.90. The molecule has 0 amide bonds. The van der Waals surface area contributed by atoms with Gasteiger partial charge in [0.2, 0.25) is 0 Å². The fraction of sp³-hybridized carbons (Fsp3) is 0.545. The number of hydrogen-bond donors (Lipinski definition) is 1. The molecule has 0 saturated carbocycles. The zero-order chi connectivity index (χ0) is 18.6. The maximum atomic E-state index is 6.53. The molecule has 2 saturated heterocycles. The van der Waals surface area contributed by atoms with Gasteiger partial charge in [0.05, 0.1) is 0 Å². The van der Waals surface area contributed by atoms with Crippen LogP contribution in [0.15, 0.2) is 36.7 Å². The molecule has 0 spiro atoms. The van der Waals surface area contributed by atoms with Gasteiger partial charge < -0.3 is 15.5 Å². The Morgan fingerprint density at radius 2 is 1.44 bits per heavy atom. The van der Waals surface area contributed by atoms with Crippen molar-refractivity contribution in [1.29, 1.82) is 0 Å². The van der Waals surface area contributed by atoms with E-state index in [0.29, 0.717) is 0 Å². The van der Waals surface area contributed by atoms with Gasteiger partial charge in [0.15, 0.2) is 11.6 Å². The van der Waals surface area contributed by atoms with Gasteiger partial charge in [0.25, 0.3) is 0 Å². The van der Waals surface area contributed by atoms with Crippen molar-refractivity contribution >= 4 is 17.3 Å². The molecule has 0 atom stereocenters. The number of nitrogens with zero attached hydrogens (tertiary/aromatic N) is 4. The molecule has 27 heavy (non-hydrogen) atoms. The summed E-state index contributed by atoms with van der Waals surface area (Å²) in [6, 6.07) is 10.8. The molecule has 0 radical (unpaired) electrons. The Morgan fingerprint density at radius 1 is 0.889 bits per heavy atom. The molecule has 3 heterocycles. The van der Waals surface area contributed by atoms with Crippen LogP contribution in [0, 0.1) is 11.8 Å². The summed E-state index contributed by atoms with van der Waals surface area (Å²) in [5, 5.41) is 0. The number of anilines is 3. The lowest BCUT2D eigenvalue weighted by Crippen LogP contribution is -2.37. The standard InChI is InChI=1S/C22H31N5/c1-17-7-11-26(12-8-17)21-20(23)22(25-16-24-21)27-13-9-19(10-14-27)15-18-5-3-2-4-6-18/h2-6,16-17,19H,7-15,23H2,1H3. The first kappa shape index (κ1) is 18.1. The Labute approximate surface area is 162 Å². The third-order valence-electron chi connectivity index (χ3n) is 6.21. The largest absolute Gasteiger partial charge is 0.393 e. The van der Waals surface area contributed by atoms with Crippen molar-refractivity contribution in [3.8, 4) is 0 Å². The second kappa shape index (κ2) is 8.15. The maximum Gasteiger partial charge on any atom is 0.157 e. The number of hydrogen-bond acceptors (Lipinski definition) is 5. The minimum Gasteiger partial charge on any atom is -0.393 e. The van der Waals surface area contributed by atoms with Crippen LogP contribution in [0.2, 0.25) is 0 Å². The molecule has 2 aromatic rings. The zero-order valence-corrected chi connectivity index (χ0v) is 16.3. The first-order valence-corrected chi connectivity index (χ1v) is 10.3. The van der Waals surface area contributed by atoms with Gasteiger partial charge in [-0.1, -0.05) is 37.3 Å². The van der Waals surface area contributed by atoms with E-state index in [1.54, 1.807) is 6.33 Å². The van der Waals surface area contributed by atoms with Gasteiger partial charge in [-0.25, -0.2) is 9.97 Å². The molecule has 1 aromatic carbocycles. The monoisotopic (exact) mass is 365 g/mol. The predicted octanol–water partition coefficient (Wildman–Crippen LogP) is 3.75. The van der Waals surface area contributed by atoms with Gasteiger partial charge in [-0.2, -0.15) is 0 Å². The SMILES string of the molecule is CC1CCN(c2ncnc(N3CCC(Cc4ccccc4)CC3)c2N)CC1. The van der Waals surface area contributed by atoms with E-state index >= 15 is 0 Å². The summed E-state index contributed by atoms with van der Waals surface area (Å²) < 4.78 is 0. The van der Waals surface area contributed by atoms with E-state index in [1.807, 2.05) is 0 Å². The first-order chi connectivity index (χ1) is 13.2. The second-order valence-corrected chi connectivity index (χ2v) is 8.22. The number of nitrogens with two attached hydrogens (primary N) is 1. The van der Waals surface area contributed by atoms with Crippen molar-refractivity contribution in [3.05, 3.63) is 42.2 Å². The Morgan fingerprint density at radius 3 is 2.04 bits per heavy atom. The maximum absolute atomic E-state index is 6.53. The van der Waals surface area contributed by atoms with Crippen LogP contribution >= 0.6 is 0 Å². The van der Waals surface area contributed by atoms with Crippen LogP contribution in [0.3, 0.4) is 0 Å². The van der Waals surface area contributed by atoms with Crippen LogP contribution in [0.25, 0.3) is 0 Å². The van der Waals surface area contributed by atoms with Gasteiger partial charge in [-0.15, -0.1) is 0 Å². The topological polar surface area (TPSA) is 58.3 Å². The van der Waals surface area contributed by atoms with Crippen LogP contribution in [-0.4, -0.2) is 36.1 Å². The van der Waals surface area contributed by atoms with E-state index in [-0.39, 0.29) is 0 Å². The summed E-state index contributed by atoms with van der Waals surface area (Å²) in [6.07, 6.45) is 7.66. The molecular formula is C22H31N5. The summed E-state index contributed by atoms with van der Waals surface area (Å²) in [6.45, 7) is 6.46. The van der Waals surface area contributed by atoms with E-state index in [2.05, 4.69) is 57.0 Å². The van der Waals surface area contributed by atoms with Crippen LogP contribution in [0.1, 0.15) is 38.2 Å². The highest BCUT2D eigenvalue weighted by molar-refractivity contribution is 5.75. The molecule has 2 aliphatic heterocycles. The summed E-state index contributed by atoms with van der Waals surface area (Å²) in [4.78, 5) is 13.8. The Kier molecular flexibility index (Phi) is 5.46. The lowest BCUT2D eigenvalue weighted by Gasteiger charge is -2.35. The Balaban J connectivity index is 1.40. The number of piperidine rings is 2. The molecule has 0 unspecified atom stereocenters. The molecule has 5 heteroatoms. The molecule has 144 valence electrons. The van der Waals surface area contributed by atoms with Crippen LogP contribution < -0.4 is 15.5 Å². The molecule has 2 fully saturated rings. The summed E-state index contributed by atoms with van der Waals surface area (Å²) >= 11 is 0. The normalized spacial score (nSPS) is 19.4. The molecule has 1 aromatic heterocycles. The molecule has 0 aliphatic carbocycles. The van der Waals surface area contributed by atoms with Crippen molar-refractivity contribution < 1.29 is 0 Å². The zero-order valence-electron chi connectivity index (χ0n) is 16.3. The molecule has 4 rings (SSSR count). The minimum absolute atomic E-state index is 0.745. The van der Waals surface area contributed by atoms with E-state index in [4.69, 9.17) is 5.73 Å². The highest BCUT2D eigenvalue weighted by Gasteiger charge is 2.25. The number of aromatic nitrogens is 2. The van der Waals surface area contributed by atoms with Gasteiger partial charge in [0, 0.05) is 26.2 Å². The Bertz CT molecular complexity index is 732. The third-order valence-corrected chi connectivity index (χ3v) is 6.21. The average Bonchev–Trinajstić information content (AvgIpc) is 2.71. The molecule has 2 aliphatic rings. The van der Waals surface area contributed by atoms with E-state index < -0.39 is 0 Å². The van der Waals surface area contributed by atoms with E-state index in [1.165, 1.54) is 37.7 Å². The molecule has 2 N–H and O–H groups in total. The smallest absolute Gasteiger partial charge is 0.157 e. The van der Waals surface area contributed by atoms with E-state index in [0.717, 1.165) is 55.3 Å². The number of rotatable bonds is 4. The molecule has 0 bridgehead atoms. The van der Waals surface area contributed by atoms with Crippen LogP contribution in [0.4, 0.5) is 17.3 Å². The minimum atomic E-state index is 0.745. The number of benzene rings is 1. The summed E-state index contributed by atoms with van der Waals surface area (Å²) in [5.74, 6) is 3.40. The summed E-state index contributed by atoms with van der Waals surface area (Å²) in [7, 11) is 0. The molecule has 5 nitrogen and oxygen atoms in total. The number of nitrogen functional groups attached to an aromatic ring is 1. The summed E-state index contributed by atoms with van der Waals surface area (Å²) in [5.41, 5.74) is 8.73. The third kappa shape index (κ3) is 4.18. The van der Waals surface area contributed by atoms with E-state index in [9.17, 15) is 0 Å². The van der Waals surface area contributed by atoms with Crippen molar-refractivity contribution in [1.82, 2.24) is 9.97 Å². The van der Waals surface area contributed by atoms with Gasteiger partial charge in [0.1, 0.15) is 12.0 Å². The predicted molar refractivity (Wildman–Crippen MR) is 112 cm³/mol. The fourth-order valence-electron chi connectivity index (χ4n) is 4.40. The molecular weight excluding hydrogens is 334 g/mol. The van der Waals surface area contributed by atoms with Crippen LogP contribution in [-0.2, 0) is 6.42 Å². The van der Waals surface area contributed by atoms with Crippen molar-refractivity contribution in [2.45, 2.75) is 39.0 Å². The van der Waals surface area contributed by atoms with Crippen molar-refractivity contribution in [2.75, 3.05) is 41.7 Å². The lowest BCUT2D eigenvalue weighted by molar-refractivity contribution is 0.402. The Hall–Kier alpha value is -2.30. The van der Waals surface area contributed by atoms with Gasteiger partial charge >= 0.3 is 0 Å². The first-order valence-electron chi connectivity index (χ1n) is 10.3. The van der Waals surface area contributed by atoms with Crippen molar-refractivity contribution in [2.24, 2.45) is 11.8 Å². The van der Waals surface area contributed by atoms with Gasteiger partial charge in [-0.05, 0) is 49.5 Å². The average molecular weight is 366 g/mol. The quantitative estimate of drug-likeness (QED) is 0.894. The fourth-order valence-corrected chi connectivity index (χ4v) is 4.40. The van der Waals surface area contributed by atoms with Crippen molar-refractivity contribution in [3.63, 3.8) is 0 Å².